The molecule has 18 heavy (non-hydrogen) atoms. The van der Waals surface area contributed by atoms with Gasteiger partial charge in [0, 0.05) is 0 Å². The summed E-state index contributed by atoms with van der Waals surface area (Å²) in [6.07, 6.45) is 5.02. The van der Waals surface area contributed by atoms with Crippen molar-refractivity contribution in [2.75, 3.05) is 18.4 Å². The quantitative estimate of drug-likeness (QED) is 0.733. The molecule has 0 spiro atoms. The van der Waals surface area contributed by atoms with E-state index in [2.05, 4.69) is 26.8 Å². The van der Waals surface area contributed by atoms with Crippen LogP contribution >= 0.6 is 0 Å². The van der Waals surface area contributed by atoms with Gasteiger partial charge >= 0.3 is 0 Å². The first-order valence-electron chi connectivity index (χ1n) is 5.28. The summed E-state index contributed by atoms with van der Waals surface area (Å²) in [5.74, 6) is 2.33. The lowest BCUT2D eigenvalue weighted by molar-refractivity contribution is -0.119. The van der Waals surface area contributed by atoms with Crippen LogP contribution in [0.15, 0.2) is 0 Å². The second-order valence-corrected chi connectivity index (χ2v) is 3.58. The monoisotopic (exact) mass is 243 g/mol. The molecule has 6 nitrogen and oxygen atoms in total. The molecule has 0 saturated heterocycles. The van der Waals surface area contributed by atoms with Gasteiger partial charge in [0.1, 0.15) is 11.6 Å². The van der Waals surface area contributed by atoms with Gasteiger partial charge in [0.15, 0.2) is 5.82 Å². The standard InChI is InChI=1S/C12H13N5O/c1-4-5-14-11(18)7-15-12-10(6-13)8(2)9(3)16-17-12/h1H,5,7H2,2-3H3,(H,14,18)(H,15,17). The minimum Gasteiger partial charge on any atom is -0.358 e. The summed E-state index contributed by atoms with van der Waals surface area (Å²) in [4.78, 5) is 11.3. The molecule has 1 aromatic rings. The Morgan fingerprint density at radius 3 is 2.78 bits per heavy atom. The molecule has 1 heterocycles. The molecular weight excluding hydrogens is 230 g/mol. The highest BCUT2D eigenvalue weighted by atomic mass is 16.1. The Morgan fingerprint density at radius 1 is 1.44 bits per heavy atom. The topological polar surface area (TPSA) is 90.7 Å². The van der Waals surface area contributed by atoms with E-state index in [1.165, 1.54) is 0 Å². The Bertz CT molecular complexity index is 539. The van der Waals surface area contributed by atoms with Crippen molar-refractivity contribution in [3.05, 3.63) is 16.8 Å². The zero-order chi connectivity index (χ0) is 13.5. The average molecular weight is 243 g/mol. The van der Waals surface area contributed by atoms with E-state index >= 15 is 0 Å². The molecule has 0 saturated carbocycles. The number of nitrogens with zero attached hydrogens (tertiary/aromatic N) is 3. The fourth-order valence-electron chi connectivity index (χ4n) is 1.25. The lowest BCUT2D eigenvalue weighted by atomic mass is 10.1. The molecular formula is C12H13N5O. The number of carbonyl (C=O) groups is 1. The first-order chi connectivity index (χ1) is 8.60. The number of nitrogens with one attached hydrogen (secondary N) is 2. The van der Waals surface area contributed by atoms with Crippen molar-refractivity contribution in [2.45, 2.75) is 13.8 Å². The lowest BCUT2D eigenvalue weighted by Crippen LogP contribution is -2.30. The van der Waals surface area contributed by atoms with Crippen molar-refractivity contribution >= 4 is 11.7 Å². The third-order valence-electron chi connectivity index (χ3n) is 2.37. The maximum Gasteiger partial charge on any atom is 0.240 e. The second-order valence-electron chi connectivity index (χ2n) is 3.58. The SMILES string of the molecule is C#CCNC(=O)CNc1nnc(C)c(C)c1C#N. The number of hydrogen-bond donors (Lipinski definition) is 2. The number of nitriles is 1. The number of amides is 1. The molecule has 0 fully saturated rings. The molecule has 0 bridgehead atoms. The predicted octanol–water partition coefficient (Wildman–Crippen LogP) is 0.126. The van der Waals surface area contributed by atoms with Crippen LogP contribution in [0.2, 0.25) is 0 Å². The first kappa shape index (κ1) is 13.5. The van der Waals surface area contributed by atoms with Gasteiger partial charge in [-0.05, 0) is 19.4 Å². The molecule has 0 aliphatic rings. The molecule has 1 rings (SSSR count). The average Bonchev–Trinajstić information content (AvgIpc) is 2.37. The maximum atomic E-state index is 11.3. The molecule has 0 atom stereocenters. The summed E-state index contributed by atoms with van der Waals surface area (Å²) >= 11 is 0. The maximum absolute atomic E-state index is 11.3. The fourth-order valence-corrected chi connectivity index (χ4v) is 1.25. The largest absolute Gasteiger partial charge is 0.358 e. The summed E-state index contributed by atoms with van der Waals surface area (Å²) in [6, 6.07) is 2.04. The number of rotatable bonds is 4. The van der Waals surface area contributed by atoms with Gasteiger partial charge in [0.2, 0.25) is 5.91 Å². The highest BCUT2D eigenvalue weighted by Gasteiger charge is 2.11. The number of anilines is 1. The molecule has 0 aliphatic carbocycles. The summed E-state index contributed by atoms with van der Waals surface area (Å²) < 4.78 is 0. The van der Waals surface area contributed by atoms with E-state index in [1.807, 2.05) is 6.07 Å². The summed E-state index contributed by atoms with van der Waals surface area (Å²) in [6.45, 7) is 3.72. The molecule has 92 valence electrons. The summed E-state index contributed by atoms with van der Waals surface area (Å²) in [7, 11) is 0. The van der Waals surface area contributed by atoms with Crippen molar-refractivity contribution in [1.82, 2.24) is 15.5 Å². The highest BCUT2D eigenvalue weighted by molar-refractivity contribution is 5.81. The highest BCUT2D eigenvalue weighted by Crippen LogP contribution is 2.16. The molecule has 0 unspecified atom stereocenters. The van der Waals surface area contributed by atoms with Gasteiger partial charge in [-0.3, -0.25) is 4.79 Å². The number of aryl methyl sites for hydroxylation is 1. The Hall–Kier alpha value is -2.60. The van der Waals surface area contributed by atoms with Crippen LogP contribution in [0.25, 0.3) is 0 Å². The van der Waals surface area contributed by atoms with Crippen LogP contribution in [-0.2, 0) is 4.79 Å². The Morgan fingerprint density at radius 2 is 2.17 bits per heavy atom. The van der Waals surface area contributed by atoms with Crippen molar-refractivity contribution in [3.63, 3.8) is 0 Å². The van der Waals surface area contributed by atoms with Crippen molar-refractivity contribution in [2.24, 2.45) is 0 Å². The van der Waals surface area contributed by atoms with E-state index in [0.717, 1.165) is 5.56 Å². The predicted molar refractivity (Wildman–Crippen MR) is 66.6 cm³/mol. The number of terminal acetylenes is 1. The van der Waals surface area contributed by atoms with Gasteiger partial charge in [-0.1, -0.05) is 5.92 Å². The lowest BCUT2D eigenvalue weighted by Gasteiger charge is -2.09. The van der Waals surface area contributed by atoms with Gasteiger partial charge in [0.25, 0.3) is 0 Å². The van der Waals surface area contributed by atoms with Crippen molar-refractivity contribution in [3.8, 4) is 18.4 Å². The van der Waals surface area contributed by atoms with Crippen LogP contribution in [0, 0.1) is 37.5 Å². The third-order valence-corrected chi connectivity index (χ3v) is 2.37. The smallest absolute Gasteiger partial charge is 0.240 e. The van der Waals surface area contributed by atoms with E-state index in [-0.39, 0.29) is 19.0 Å². The Balaban J connectivity index is 2.75. The van der Waals surface area contributed by atoms with Gasteiger partial charge < -0.3 is 10.6 Å². The van der Waals surface area contributed by atoms with Gasteiger partial charge in [-0.25, -0.2) is 0 Å². The number of carbonyl (C=O) groups excluding carboxylic acids is 1. The van der Waals surface area contributed by atoms with Gasteiger partial charge in [-0.15, -0.1) is 11.5 Å². The van der Waals surface area contributed by atoms with Gasteiger partial charge in [-0.2, -0.15) is 10.4 Å². The zero-order valence-electron chi connectivity index (χ0n) is 10.2. The van der Waals surface area contributed by atoms with Crippen LogP contribution in [0.1, 0.15) is 16.8 Å². The molecule has 2 N–H and O–H groups in total. The van der Waals surface area contributed by atoms with E-state index in [0.29, 0.717) is 17.1 Å². The van der Waals surface area contributed by atoms with Crippen LogP contribution in [0.4, 0.5) is 5.82 Å². The summed E-state index contributed by atoms with van der Waals surface area (Å²) in [5.41, 5.74) is 1.83. The molecule has 0 radical (unpaired) electrons. The van der Waals surface area contributed by atoms with Crippen molar-refractivity contribution < 1.29 is 4.79 Å². The Kier molecular flexibility index (Phi) is 4.65. The summed E-state index contributed by atoms with van der Waals surface area (Å²) in [5, 5.41) is 22.1. The van der Waals surface area contributed by atoms with Crippen LogP contribution in [0.5, 0.6) is 0 Å². The van der Waals surface area contributed by atoms with Crippen molar-refractivity contribution in [1.29, 1.82) is 5.26 Å². The minimum absolute atomic E-state index is 0.00641. The Labute approximate surface area is 105 Å². The molecule has 0 aromatic carbocycles. The fraction of sp³-hybridized carbons (Fsp3) is 0.333. The second kappa shape index (κ2) is 6.21. The van der Waals surface area contributed by atoms with Crippen LogP contribution in [-0.4, -0.2) is 29.2 Å². The van der Waals surface area contributed by atoms with Crippen LogP contribution < -0.4 is 10.6 Å². The van der Waals surface area contributed by atoms with Gasteiger partial charge in [0.05, 0.1) is 18.8 Å². The van der Waals surface area contributed by atoms with E-state index in [4.69, 9.17) is 11.7 Å². The number of hydrogen-bond acceptors (Lipinski definition) is 5. The first-order valence-corrected chi connectivity index (χ1v) is 5.28. The van der Waals surface area contributed by atoms with E-state index < -0.39 is 0 Å². The molecule has 6 heteroatoms. The molecule has 1 aromatic heterocycles. The molecule has 0 aliphatic heterocycles. The van der Waals surface area contributed by atoms with Crippen LogP contribution in [0.3, 0.4) is 0 Å². The normalized spacial score (nSPS) is 9.11. The van der Waals surface area contributed by atoms with E-state index in [9.17, 15) is 4.79 Å². The third kappa shape index (κ3) is 3.19. The number of aromatic nitrogens is 2. The minimum atomic E-state index is -0.267. The van der Waals surface area contributed by atoms with E-state index in [1.54, 1.807) is 13.8 Å². The molecule has 1 amide bonds. The zero-order valence-corrected chi connectivity index (χ0v) is 10.2.